The van der Waals surface area contributed by atoms with Crippen LogP contribution < -0.4 is 10.7 Å². The molecule has 2 saturated heterocycles. The van der Waals surface area contributed by atoms with Crippen molar-refractivity contribution in [2.45, 2.75) is 98.0 Å². The number of amides is 3. The Bertz CT molecular complexity index is 2120. The average molecular weight is 815 g/mol. The summed E-state index contributed by atoms with van der Waals surface area (Å²) in [6.45, 7) is 18.3. The number of hydrogen-bond acceptors (Lipinski definition) is 11. The monoisotopic (exact) mass is 814 g/mol. The molecule has 3 aliphatic heterocycles. The number of carbonyl (C=O) groups excluding carboxylic acids is 4. The Kier molecular flexibility index (Phi) is 13.4. The fraction of sp³-hybridized carbons (Fsp3) is 0.535. The molecule has 2 fully saturated rings. The number of cyclic esters (lactones) is 1. The number of aryl methyl sites for hydroxylation is 1. The minimum Gasteiger partial charge on any atom is -0.464 e. The summed E-state index contributed by atoms with van der Waals surface area (Å²) in [7, 11) is 3.51. The number of aliphatic imine (C=N–C) groups is 1. The van der Waals surface area contributed by atoms with Gasteiger partial charge in [0.05, 0.1) is 34.8 Å². The number of carbonyl (C=O) groups is 4. The van der Waals surface area contributed by atoms with E-state index in [0.29, 0.717) is 50.4 Å². The van der Waals surface area contributed by atoms with Gasteiger partial charge in [0.25, 0.3) is 5.91 Å². The molecular formula is C43H58N8O6S. The van der Waals surface area contributed by atoms with Crippen molar-refractivity contribution >= 4 is 57.7 Å². The number of fused-ring (bicyclic) bond motifs is 6. The average Bonchev–Trinajstić information content (AvgIpc) is 3.80. The second-order valence-electron chi connectivity index (χ2n) is 16.2. The van der Waals surface area contributed by atoms with Gasteiger partial charge in [0, 0.05) is 92.2 Å². The van der Waals surface area contributed by atoms with E-state index in [1.807, 2.05) is 37.3 Å². The molecule has 3 amide bonds. The van der Waals surface area contributed by atoms with Gasteiger partial charge in [-0.1, -0.05) is 32.6 Å². The van der Waals surface area contributed by atoms with Crippen LogP contribution in [0.1, 0.15) is 70.6 Å². The number of allylic oxidation sites excluding steroid dienone is 2. The molecule has 5 heterocycles. The van der Waals surface area contributed by atoms with E-state index in [4.69, 9.17) is 19.5 Å². The molecule has 0 radical (unpaired) electrons. The number of esters is 1. The van der Waals surface area contributed by atoms with E-state index >= 15 is 0 Å². The molecule has 2 aromatic heterocycles. The molecule has 0 unspecified atom stereocenters. The van der Waals surface area contributed by atoms with Gasteiger partial charge in [0.15, 0.2) is 0 Å². The number of nitrogens with zero attached hydrogens (tertiary/aromatic N) is 6. The van der Waals surface area contributed by atoms with Crippen LogP contribution in [0.5, 0.6) is 0 Å². The Morgan fingerprint density at radius 3 is 2.71 bits per heavy atom. The number of likely N-dealkylation sites (N-methyl/N-ethyl adjacent to an activating group) is 1. The van der Waals surface area contributed by atoms with Gasteiger partial charge >= 0.3 is 5.97 Å². The summed E-state index contributed by atoms with van der Waals surface area (Å²) in [6, 6.07) is 3.98. The van der Waals surface area contributed by atoms with Gasteiger partial charge in [-0.25, -0.2) is 10.4 Å². The number of rotatable bonds is 8. The lowest BCUT2D eigenvalue weighted by molar-refractivity contribution is -0.155. The second-order valence-corrected chi connectivity index (χ2v) is 17.1. The molecule has 3 aromatic rings. The van der Waals surface area contributed by atoms with Crippen molar-refractivity contribution in [2.24, 2.45) is 10.4 Å². The summed E-state index contributed by atoms with van der Waals surface area (Å²) in [6.07, 6.45) is 5.08. The lowest BCUT2D eigenvalue weighted by Crippen LogP contribution is -2.63. The van der Waals surface area contributed by atoms with E-state index < -0.39 is 29.5 Å². The number of thiazole rings is 1. The first kappa shape index (κ1) is 42.9. The van der Waals surface area contributed by atoms with Crippen LogP contribution in [-0.2, 0) is 48.0 Å². The lowest BCUT2D eigenvalue weighted by atomic mass is 9.84. The largest absolute Gasteiger partial charge is 0.464 e. The van der Waals surface area contributed by atoms with Gasteiger partial charge in [0.2, 0.25) is 11.8 Å². The zero-order chi connectivity index (χ0) is 41.9. The molecule has 1 aromatic carbocycles. The standard InChI is InChI=1S/C43H58N8O6S/c1-10-29(38(44-11-2)26(4)56-9)39-31-22-43(6,7)25-57-42(55)32-14-13-17-51(47-32)41(54)33(46-40(53)36-23-49(27(5)52)19-18-48(36)8)21-37-45-34(24-58-37)28-15-16-35(30(31)20-28)50(39)12-3/h10-11,15-16,20,24,26,32-33,36,47H,1,12-14,17-19,21-23,25H2,2-9H3,(H,46,53)/b38-29+,44-11?/t26-,32-,33-,36+/m0/s1. The van der Waals surface area contributed by atoms with Gasteiger partial charge < -0.3 is 24.3 Å². The maximum absolute atomic E-state index is 14.3. The van der Waals surface area contributed by atoms with E-state index in [2.05, 4.69) is 60.9 Å². The summed E-state index contributed by atoms with van der Waals surface area (Å²) in [5, 5.41) is 8.16. The zero-order valence-electron chi connectivity index (χ0n) is 35.1. The Balaban J connectivity index is 1.47. The van der Waals surface area contributed by atoms with Crippen LogP contribution in [-0.4, -0.2) is 125 Å². The predicted octanol–water partition coefficient (Wildman–Crippen LogP) is 4.62. The molecule has 6 bridgehead atoms. The molecule has 3 aliphatic rings. The van der Waals surface area contributed by atoms with Gasteiger partial charge in [-0.05, 0) is 64.8 Å². The number of hydrogen-bond donors (Lipinski definition) is 2. The van der Waals surface area contributed by atoms with Crippen molar-refractivity contribution in [2.75, 3.05) is 46.9 Å². The third kappa shape index (κ3) is 8.97. The molecule has 2 N–H and O–H groups in total. The number of piperazine rings is 1. The minimum atomic E-state index is -0.985. The van der Waals surface area contributed by atoms with Crippen molar-refractivity contribution in [3.8, 4) is 11.3 Å². The third-order valence-electron chi connectivity index (χ3n) is 11.5. The molecule has 6 rings (SSSR count). The van der Waals surface area contributed by atoms with Gasteiger partial charge in [-0.2, -0.15) is 0 Å². The van der Waals surface area contributed by atoms with Crippen LogP contribution in [0.3, 0.4) is 0 Å². The summed E-state index contributed by atoms with van der Waals surface area (Å²) in [4.78, 5) is 67.7. The van der Waals surface area contributed by atoms with E-state index in [1.54, 1.807) is 18.2 Å². The van der Waals surface area contributed by atoms with Crippen molar-refractivity contribution in [1.29, 1.82) is 0 Å². The summed E-state index contributed by atoms with van der Waals surface area (Å²) in [5.41, 5.74) is 9.01. The minimum absolute atomic E-state index is 0.103. The van der Waals surface area contributed by atoms with Crippen LogP contribution in [0.15, 0.2) is 46.9 Å². The van der Waals surface area contributed by atoms with Crippen LogP contribution >= 0.6 is 11.3 Å². The first-order valence-electron chi connectivity index (χ1n) is 20.2. The van der Waals surface area contributed by atoms with Gasteiger partial charge in [-0.15, -0.1) is 11.3 Å². The highest BCUT2D eigenvalue weighted by Crippen LogP contribution is 2.40. The number of ether oxygens (including phenoxy) is 2. The van der Waals surface area contributed by atoms with Gasteiger partial charge in [0.1, 0.15) is 18.1 Å². The van der Waals surface area contributed by atoms with E-state index in [1.165, 1.54) is 23.3 Å². The van der Waals surface area contributed by atoms with Crippen molar-refractivity contribution < 1.29 is 28.7 Å². The van der Waals surface area contributed by atoms with E-state index in [9.17, 15) is 19.2 Å². The highest BCUT2D eigenvalue weighted by molar-refractivity contribution is 7.10. The van der Waals surface area contributed by atoms with Crippen LogP contribution in [0.2, 0.25) is 0 Å². The fourth-order valence-corrected chi connectivity index (χ4v) is 9.04. The van der Waals surface area contributed by atoms with Crippen LogP contribution in [0, 0.1) is 5.41 Å². The maximum atomic E-state index is 14.3. The molecule has 4 atom stereocenters. The number of aromatic nitrogens is 2. The van der Waals surface area contributed by atoms with Crippen molar-refractivity contribution in [3.63, 3.8) is 0 Å². The molecule has 0 spiro atoms. The SMILES string of the molecule is C=C/C(=C(\N=CC)[C@H](C)OC)c1c2c3cc(ccc3n1CC)-c1csc(n1)C[C@H](NC(=O)[C@H]1CN(C(C)=O)CCN1C)C(=O)N1CCC[C@H](N1)C(=O)OCC(C)(C)C2. The molecule has 0 aliphatic carbocycles. The van der Waals surface area contributed by atoms with Crippen LogP contribution in [0.25, 0.3) is 27.7 Å². The summed E-state index contributed by atoms with van der Waals surface area (Å²) in [5.74, 6) is -1.26. The summed E-state index contributed by atoms with van der Waals surface area (Å²) >= 11 is 1.43. The quantitative estimate of drug-likeness (QED) is 0.189. The number of methoxy groups -OCH3 is 1. The number of benzene rings is 1. The smallest absolute Gasteiger partial charge is 0.324 e. The second kappa shape index (κ2) is 18.1. The molecule has 15 heteroatoms. The Morgan fingerprint density at radius 1 is 1.24 bits per heavy atom. The van der Waals surface area contributed by atoms with Crippen molar-refractivity contribution in [1.82, 2.24) is 35.1 Å². The molecule has 0 saturated carbocycles. The Hall–Kier alpha value is -4.70. The summed E-state index contributed by atoms with van der Waals surface area (Å²) < 4.78 is 14.2. The highest BCUT2D eigenvalue weighted by Gasteiger charge is 2.38. The molecule has 58 heavy (non-hydrogen) atoms. The lowest BCUT2D eigenvalue weighted by Gasteiger charge is -2.39. The van der Waals surface area contributed by atoms with E-state index in [0.717, 1.165) is 44.7 Å². The molecule has 312 valence electrons. The number of hydrazine groups is 1. The predicted molar refractivity (Wildman–Crippen MR) is 227 cm³/mol. The first-order chi connectivity index (χ1) is 27.7. The zero-order valence-corrected chi connectivity index (χ0v) is 35.9. The third-order valence-corrected chi connectivity index (χ3v) is 12.3. The van der Waals surface area contributed by atoms with Crippen molar-refractivity contribution in [3.05, 3.63) is 58.2 Å². The van der Waals surface area contributed by atoms with Crippen LogP contribution in [0.4, 0.5) is 0 Å². The highest BCUT2D eigenvalue weighted by atomic mass is 32.1. The molecular weight excluding hydrogens is 757 g/mol. The maximum Gasteiger partial charge on any atom is 0.324 e. The normalized spacial score (nSPS) is 23.0. The van der Waals surface area contributed by atoms with E-state index in [-0.39, 0.29) is 43.4 Å². The Morgan fingerprint density at radius 2 is 2.02 bits per heavy atom. The first-order valence-corrected chi connectivity index (χ1v) is 21.1. The fourth-order valence-electron chi connectivity index (χ4n) is 8.19. The van der Waals surface area contributed by atoms with Gasteiger partial charge in [-0.3, -0.25) is 34.1 Å². The molecule has 14 nitrogen and oxygen atoms in total. The number of nitrogens with one attached hydrogen (secondary N) is 2. The Labute approximate surface area is 345 Å². The topological polar surface area (TPSA) is 151 Å².